The van der Waals surface area contributed by atoms with Gasteiger partial charge in [0.05, 0.1) is 23.7 Å². The van der Waals surface area contributed by atoms with Crippen molar-refractivity contribution < 1.29 is 14.6 Å². The summed E-state index contributed by atoms with van der Waals surface area (Å²) < 4.78 is 5.24. The number of nitrogens with zero attached hydrogens (tertiary/aromatic N) is 1. The largest absolute Gasteiger partial charge is 0.466 e. The van der Waals surface area contributed by atoms with Crippen LogP contribution >= 0.6 is 0 Å². The molecule has 2 aliphatic carbocycles. The smallest absolute Gasteiger partial charge is 0.335 e. The van der Waals surface area contributed by atoms with Crippen LogP contribution in [0.15, 0.2) is 35.5 Å². The van der Waals surface area contributed by atoms with Gasteiger partial charge in [0.2, 0.25) is 0 Å². The predicted molar refractivity (Wildman–Crippen MR) is 96.5 cm³/mol. The minimum Gasteiger partial charge on any atom is -0.466 e. The van der Waals surface area contributed by atoms with Crippen LogP contribution in [0.4, 0.5) is 5.69 Å². The van der Waals surface area contributed by atoms with E-state index in [2.05, 4.69) is 35.3 Å². The molecule has 5 heteroatoms. The first-order valence-corrected chi connectivity index (χ1v) is 9.74. The minimum absolute atomic E-state index is 0.0306. The van der Waals surface area contributed by atoms with Gasteiger partial charge in [-0.15, -0.1) is 0 Å². The molecule has 0 unspecified atom stereocenters. The average molecular weight is 352 g/mol. The highest BCUT2D eigenvalue weighted by atomic mass is 16.5. The third-order valence-corrected chi connectivity index (χ3v) is 8.06. The van der Waals surface area contributed by atoms with Gasteiger partial charge in [0.1, 0.15) is 0 Å². The fourth-order valence-electron chi connectivity index (χ4n) is 7.32. The molecule has 3 heterocycles. The summed E-state index contributed by atoms with van der Waals surface area (Å²) >= 11 is 0. The maximum atomic E-state index is 12.9. The Kier molecular flexibility index (Phi) is 2.65. The molecule has 0 aromatic heterocycles. The quantitative estimate of drug-likeness (QED) is 0.798. The van der Waals surface area contributed by atoms with E-state index in [9.17, 15) is 9.90 Å². The Morgan fingerprint density at radius 3 is 2.96 bits per heavy atom. The van der Waals surface area contributed by atoms with Crippen LogP contribution in [0, 0.1) is 11.8 Å². The second-order valence-corrected chi connectivity index (χ2v) is 8.65. The van der Waals surface area contributed by atoms with E-state index in [4.69, 9.17) is 4.74 Å². The fourth-order valence-corrected chi connectivity index (χ4v) is 7.32. The number of carbonyl (C=O) groups excluding carboxylic acids is 1. The lowest BCUT2D eigenvalue weighted by molar-refractivity contribution is -0.137. The Morgan fingerprint density at radius 2 is 2.19 bits per heavy atom. The standard InChI is InChI=1S/C21H24N2O3/c1-3-20(25)10-11-14-15(19(24)26-2)16-21(8-9-23(17(11)21)18(14)20)12-6-4-5-7-13(12)22-16/h4-7,11,14,17-18,22,25H,3,8-10H2,1-2H3/t11-,14+,17+,18+,20+,21+/m1/s1. The molecule has 1 saturated carbocycles. The van der Waals surface area contributed by atoms with Gasteiger partial charge in [-0.3, -0.25) is 4.90 Å². The molecule has 1 aromatic carbocycles. The lowest BCUT2D eigenvalue weighted by Gasteiger charge is -2.45. The first kappa shape index (κ1) is 15.2. The van der Waals surface area contributed by atoms with Crippen molar-refractivity contribution in [3.8, 4) is 0 Å². The summed E-state index contributed by atoms with van der Waals surface area (Å²) in [5.74, 6) is 0.160. The molecule has 6 rings (SSSR count). The maximum absolute atomic E-state index is 12.9. The van der Waals surface area contributed by atoms with E-state index in [-0.39, 0.29) is 23.3 Å². The molecule has 2 saturated heterocycles. The molecule has 6 atom stereocenters. The van der Waals surface area contributed by atoms with Crippen LogP contribution in [0.3, 0.4) is 0 Å². The van der Waals surface area contributed by atoms with Crippen LogP contribution in [0.2, 0.25) is 0 Å². The second kappa shape index (κ2) is 4.52. The first-order chi connectivity index (χ1) is 12.6. The van der Waals surface area contributed by atoms with Crippen molar-refractivity contribution in [1.82, 2.24) is 4.90 Å². The monoisotopic (exact) mass is 352 g/mol. The van der Waals surface area contributed by atoms with Crippen molar-refractivity contribution in [2.24, 2.45) is 11.8 Å². The van der Waals surface area contributed by atoms with Crippen molar-refractivity contribution in [1.29, 1.82) is 0 Å². The Balaban J connectivity index is 1.65. The zero-order valence-electron chi connectivity index (χ0n) is 15.2. The van der Waals surface area contributed by atoms with Crippen LogP contribution in [0.5, 0.6) is 0 Å². The van der Waals surface area contributed by atoms with Crippen molar-refractivity contribution in [2.75, 3.05) is 19.0 Å². The van der Waals surface area contributed by atoms with Gasteiger partial charge >= 0.3 is 5.97 Å². The highest BCUT2D eigenvalue weighted by Crippen LogP contribution is 2.70. The Labute approximate surface area is 153 Å². The van der Waals surface area contributed by atoms with Crippen LogP contribution in [0.25, 0.3) is 0 Å². The first-order valence-electron chi connectivity index (χ1n) is 9.74. The van der Waals surface area contributed by atoms with E-state index in [1.165, 1.54) is 12.7 Å². The fraction of sp³-hybridized carbons (Fsp3) is 0.571. The zero-order chi connectivity index (χ0) is 17.8. The number of para-hydroxylation sites is 1. The highest BCUT2D eigenvalue weighted by molar-refractivity contribution is 5.94. The molecule has 5 nitrogen and oxygen atoms in total. The van der Waals surface area contributed by atoms with Crippen molar-refractivity contribution in [2.45, 2.75) is 49.3 Å². The summed E-state index contributed by atoms with van der Waals surface area (Å²) in [5.41, 5.74) is 3.44. The number of hydrogen-bond acceptors (Lipinski definition) is 5. The molecule has 136 valence electrons. The van der Waals surface area contributed by atoms with Crippen molar-refractivity contribution >= 4 is 11.7 Å². The molecule has 1 spiro atoms. The number of ether oxygens (including phenoxy) is 1. The molecule has 1 aromatic rings. The number of nitrogens with one attached hydrogen (secondary N) is 1. The van der Waals surface area contributed by atoms with Gasteiger partial charge in [0.25, 0.3) is 0 Å². The SMILES string of the molecule is CC[C@]1(O)C[C@@H]2[C@H]3C(C(=O)OC)=C4Nc5ccccc5[C@@]45CCN([C@@H]31)[C@@H]25. The van der Waals surface area contributed by atoms with Gasteiger partial charge in [-0.1, -0.05) is 25.1 Å². The second-order valence-electron chi connectivity index (χ2n) is 8.65. The third-order valence-electron chi connectivity index (χ3n) is 8.06. The molecule has 2 N–H and O–H groups in total. The van der Waals surface area contributed by atoms with E-state index in [1.54, 1.807) is 0 Å². The summed E-state index contributed by atoms with van der Waals surface area (Å²) in [6.07, 6.45) is 2.52. The number of fused-ring (bicyclic) bond motifs is 2. The molecule has 3 aliphatic heterocycles. The summed E-state index contributed by atoms with van der Waals surface area (Å²) in [6, 6.07) is 8.88. The van der Waals surface area contributed by atoms with E-state index in [1.807, 2.05) is 6.07 Å². The molecule has 0 amide bonds. The van der Waals surface area contributed by atoms with Gasteiger partial charge in [0.15, 0.2) is 0 Å². The number of anilines is 1. The summed E-state index contributed by atoms with van der Waals surface area (Å²) in [6.45, 7) is 3.05. The molecule has 4 bridgehead atoms. The van der Waals surface area contributed by atoms with Crippen LogP contribution < -0.4 is 5.32 Å². The lowest BCUT2D eigenvalue weighted by atomic mass is 9.62. The number of aliphatic hydroxyl groups is 1. The number of piperidine rings is 1. The van der Waals surface area contributed by atoms with E-state index >= 15 is 0 Å². The molecular formula is C21H24N2O3. The highest BCUT2D eigenvalue weighted by Gasteiger charge is 2.76. The topological polar surface area (TPSA) is 61.8 Å². The minimum atomic E-state index is -0.699. The molecular weight excluding hydrogens is 328 g/mol. The number of esters is 1. The Bertz CT molecular complexity index is 880. The number of benzene rings is 1. The van der Waals surface area contributed by atoms with Crippen LogP contribution in [0.1, 0.15) is 31.7 Å². The summed E-state index contributed by atoms with van der Waals surface area (Å²) in [5, 5.41) is 15.0. The molecule has 3 fully saturated rings. The normalized spacial score (nSPS) is 44.1. The van der Waals surface area contributed by atoms with Crippen molar-refractivity contribution in [3.63, 3.8) is 0 Å². The van der Waals surface area contributed by atoms with Gasteiger partial charge in [-0.05, 0) is 36.8 Å². The summed E-state index contributed by atoms with van der Waals surface area (Å²) in [7, 11) is 1.47. The molecule has 26 heavy (non-hydrogen) atoms. The van der Waals surface area contributed by atoms with E-state index < -0.39 is 5.60 Å². The zero-order valence-corrected chi connectivity index (χ0v) is 15.2. The van der Waals surface area contributed by atoms with Gasteiger partial charge < -0.3 is 15.2 Å². The van der Waals surface area contributed by atoms with Crippen LogP contribution in [-0.2, 0) is 14.9 Å². The van der Waals surface area contributed by atoms with Gasteiger partial charge in [0, 0.05) is 35.9 Å². The number of rotatable bonds is 2. The third kappa shape index (κ3) is 1.37. The number of hydrogen-bond donors (Lipinski definition) is 2. The summed E-state index contributed by atoms with van der Waals surface area (Å²) in [4.78, 5) is 15.4. The average Bonchev–Trinajstić information content (AvgIpc) is 3.34. The van der Waals surface area contributed by atoms with Gasteiger partial charge in [-0.25, -0.2) is 4.79 Å². The number of carbonyl (C=O) groups is 1. The molecule has 0 radical (unpaired) electrons. The van der Waals surface area contributed by atoms with E-state index in [0.29, 0.717) is 12.0 Å². The van der Waals surface area contributed by atoms with Crippen LogP contribution in [-0.4, -0.2) is 47.3 Å². The molecule has 5 aliphatic rings. The maximum Gasteiger partial charge on any atom is 0.335 e. The van der Waals surface area contributed by atoms with Crippen molar-refractivity contribution in [3.05, 3.63) is 41.1 Å². The lowest BCUT2D eigenvalue weighted by Crippen LogP contribution is -2.55. The van der Waals surface area contributed by atoms with Gasteiger partial charge in [-0.2, -0.15) is 0 Å². The predicted octanol–water partition coefficient (Wildman–Crippen LogP) is 2.02. The Morgan fingerprint density at radius 1 is 1.38 bits per heavy atom. The number of methoxy groups -OCH3 is 1. The Hall–Kier alpha value is -1.85. The van der Waals surface area contributed by atoms with E-state index in [0.717, 1.165) is 42.8 Å².